The van der Waals surface area contributed by atoms with Crippen LogP contribution in [0.5, 0.6) is 0 Å². The van der Waals surface area contributed by atoms with Crippen molar-refractivity contribution in [2.45, 2.75) is 52.2 Å². The quantitative estimate of drug-likeness (QED) is 0.876. The van der Waals surface area contributed by atoms with Crippen molar-refractivity contribution in [1.82, 2.24) is 14.4 Å². The van der Waals surface area contributed by atoms with Crippen LogP contribution >= 0.6 is 0 Å². The molecule has 1 saturated heterocycles. The Balaban J connectivity index is 2.00. The average molecular weight is 347 g/mol. The summed E-state index contributed by atoms with van der Waals surface area (Å²) in [6.45, 7) is 6.88. The van der Waals surface area contributed by atoms with Gasteiger partial charge in [0.05, 0.1) is 0 Å². The molecule has 1 fully saturated rings. The molecule has 2 aliphatic rings. The molecule has 3 heterocycles. The highest BCUT2D eigenvalue weighted by Crippen LogP contribution is 2.23. The number of likely N-dealkylation sites (N-methyl/N-ethyl adjacent to an activating group) is 1. The van der Waals surface area contributed by atoms with Crippen molar-refractivity contribution in [3.05, 3.63) is 33.2 Å². The van der Waals surface area contributed by atoms with Gasteiger partial charge in [-0.1, -0.05) is 6.92 Å². The highest BCUT2D eigenvalue weighted by Gasteiger charge is 2.29. The van der Waals surface area contributed by atoms with Crippen LogP contribution < -0.4 is 5.56 Å². The molecule has 1 amide bonds. The molecule has 136 valence electrons. The van der Waals surface area contributed by atoms with Crippen LogP contribution in [0.2, 0.25) is 0 Å². The van der Waals surface area contributed by atoms with Crippen LogP contribution in [0.1, 0.15) is 48.2 Å². The Labute approximate surface area is 146 Å². The molecule has 1 atom stereocenters. The van der Waals surface area contributed by atoms with Gasteiger partial charge >= 0.3 is 5.97 Å². The van der Waals surface area contributed by atoms with Gasteiger partial charge in [0.1, 0.15) is 5.56 Å². The van der Waals surface area contributed by atoms with Crippen molar-refractivity contribution in [3.8, 4) is 0 Å². The van der Waals surface area contributed by atoms with Gasteiger partial charge in [0.2, 0.25) is 5.91 Å². The zero-order valence-corrected chi connectivity index (χ0v) is 14.8. The maximum atomic E-state index is 12.8. The molecule has 0 radical (unpaired) electrons. The number of aromatic nitrogens is 1. The first kappa shape index (κ1) is 17.7. The van der Waals surface area contributed by atoms with Crippen LogP contribution in [-0.2, 0) is 24.3 Å². The minimum absolute atomic E-state index is 0.0340. The summed E-state index contributed by atoms with van der Waals surface area (Å²) >= 11 is 0. The zero-order chi connectivity index (χ0) is 18.1. The smallest absolute Gasteiger partial charge is 0.341 e. The molecule has 1 aromatic heterocycles. The lowest BCUT2D eigenvalue weighted by Crippen LogP contribution is -2.41. The Morgan fingerprint density at radius 3 is 2.72 bits per heavy atom. The Bertz CT molecular complexity index is 755. The normalized spacial score (nSPS) is 20.6. The number of nitrogens with zero attached hydrogens (tertiary/aromatic N) is 3. The van der Waals surface area contributed by atoms with E-state index in [0.717, 1.165) is 31.5 Å². The summed E-state index contributed by atoms with van der Waals surface area (Å²) in [6.07, 6.45) is 4.30. The predicted molar refractivity (Wildman–Crippen MR) is 92.7 cm³/mol. The van der Waals surface area contributed by atoms with E-state index >= 15 is 0 Å². The van der Waals surface area contributed by atoms with Crippen molar-refractivity contribution in [3.63, 3.8) is 0 Å². The van der Waals surface area contributed by atoms with Gasteiger partial charge in [0.15, 0.2) is 0 Å². The molecule has 0 spiro atoms. The minimum Gasteiger partial charge on any atom is -0.477 e. The summed E-state index contributed by atoms with van der Waals surface area (Å²) in [5.74, 6) is -1.21. The Hall–Kier alpha value is -2.15. The van der Waals surface area contributed by atoms with Gasteiger partial charge in [-0.3, -0.25) is 14.5 Å². The number of carboxylic acid groups (broad SMARTS) is 1. The third kappa shape index (κ3) is 3.33. The number of hydrogen-bond donors (Lipinski definition) is 1. The molecule has 7 heteroatoms. The fourth-order valence-corrected chi connectivity index (χ4v) is 4.08. The van der Waals surface area contributed by atoms with Crippen LogP contribution in [0.3, 0.4) is 0 Å². The van der Waals surface area contributed by atoms with E-state index in [-0.39, 0.29) is 17.5 Å². The molecule has 1 unspecified atom stereocenters. The number of carbonyl (C=O) groups is 2. The van der Waals surface area contributed by atoms with Crippen LogP contribution in [-0.4, -0.2) is 57.0 Å². The van der Waals surface area contributed by atoms with E-state index in [1.54, 1.807) is 15.7 Å². The predicted octanol–water partition coefficient (Wildman–Crippen LogP) is 0.935. The second-order valence-electron chi connectivity index (χ2n) is 6.89. The fraction of sp³-hybridized carbons (Fsp3) is 0.611. The van der Waals surface area contributed by atoms with Gasteiger partial charge in [-0.05, 0) is 43.5 Å². The van der Waals surface area contributed by atoms with Crippen molar-refractivity contribution in [2.75, 3.05) is 19.6 Å². The lowest BCUT2D eigenvalue weighted by molar-refractivity contribution is -0.129. The molecule has 25 heavy (non-hydrogen) atoms. The maximum absolute atomic E-state index is 12.8. The van der Waals surface area contributed by atoms with Gasteiger partial charge in [-0.25, -0.2) is 4.79 Å². The fourth-order valence-electron chi connectivity index (χ4n) is 4.08. The lowest BCUT2D eigenvalue weighted by atomic mass is 9.96. The topological polar surface area (TPSA) is 82.8 Å². The van der Waals surface area contributed by atoms with Gasteiger partial charge < -0.3 is 14.6 Å². The second kappa shape index (κ2) is 7.00. The summed E-state index contributed by atoms with van der Waals surface area (Å²) in [5.41, 5.74) is 0.816. The number of aromatic carboxylic acids is 1. The first-order chi connectivity index (χ1) is 11.9. The monoisotopic (exact) mass is 347 g/mol. The summed E-state index contributed by atoms with van der Waals surface area (Å²) in [7, 11) is 0. The molecule has 2 aliphatic heterocycles. The number of likely N-dealkylation sites (tertiary alicyclic amines) is 1. The molecule has 7 nitrogen and oxygen atoms in total. The standard InChI is InChI=1S/C18H25N3O4/c1-3-19-7-4-5-14(19)11-21-10-13-9-20(12(2)22)8-6-15(13)16(17(21)23)18(24)25/h10,14H,3-9,11H2,1-2H3,(H,24,25). The molecule has 0 bridgehead atoms. The van der Waals surface area contributed by atoms with E-state index in [1.165, 1.54) is 6.92 Å². The third-order valence-corrected chi connectivity index (χ3v) is 5.44. The molecule has 1 N–H and O–H groups in total. The lowest BCUT2D eigenvalue weighted by Gasteiger charge is -2.30. The van der Waals surface area contributed by atoms with Crippen LogP contribution in [0, 0.1) is 0 Å². The number of carboxylic acids is 1. The number of fused-ring (bicyclic) bond motifs is 1. The minimum atomic E-state index is -1.18. The average Bonchev–Trinajstić information content (AvgIpc) is 3.01. The van der Waals surface area contributed by atoms with Gasteiger partial charge in [0, 0.05) is 38.8 Å². The summed E-state index contributed by atoms with van der Waals surface area (Å²) in [5, 5.41) is 9.58. The van der Waals surface area contributed by atoms with E-state index in [2.05, 4.69) is 11.8 Å². The van der Waals surface area contributed by atoms with Crippen molar-refractivity contribution >= 4 is 11.9 Å². The molecule has 3 rings (SSSR count). The van der Waals surface area contributed by atoms with Crippen molar-refractivity contribution in [1.29, 1.82) is 0 Å². The number of amides is 1. The molecular weight excluding hydrogens is 322 g/mol. The van der Waals surface area contributed by atoms with Crippen LogP contribution in [0.15, 0.2) is 11.0 Å². The highest BCUT2D eigenvalue weighted by molar-refractivity contribution is 5.89. The SMILES string of the molecule is CCN1CCCC1Cn1cc2c(c(C(=O)O)c1=O)CCN(C(C)=O)C2. The molecule has 1 aromatic rings. The van der Waals surface area contributed by atoms with Crippen molar-refractivity contribution in [2.24, 2.45) is 0 Å². The van der Waals surface area contributed by atoms with E-state index in [0.29, 0.717) is 31.6 Å². The number of carbonyl (C=O) groups excluding carboxylic acids is 1. The van der Waals surface area contributed by atoms with Crippen molar-refractivity contribution < 1.29 is 14.7 Å². The summed E-state index contributed by atoms with van der Waals surface area (Å²) in [4.78, 5) is 40.2. The number of hydrogen-bond acceptors (Lipinski definition) is 4. The molecule has 0 saturated carbocycles. The number of pyridine rings is 1. The first-order valence-electron chi connectivity index (χ1n) is 8.90. The third-order valence-electron chi connectivity index (χ3n) is 5.44. The summed E-state index contributed by atoms with van der Waals surface area (Å²) in [6, 6.07) is 0.259. The zero-order valence-electron chi connectivity index (χ0n) is 14.8. The number of rotatable bonds is 4. The van der Waals surface area contributed by atoms with Gasteiger partial charge in [0.25, 0.3) is 5.56 Å². The van der Waals surface area contributed by atoms with E-state index < -0.39 is 11.5 Å². The first-order valence-corrected chi connectivity index (χ1v) is 8.90. The Morgan fingerprint density at radius 2 is 2.08 bits per heavy atom. The van der Waals surface area contributed by atoms with Crippen LogP contribution in [0.25, 0.3) is 0 Å². The highest BCUT2D eigenvalue weighted by atomic mass is 16.4. The van der Waals surface area contributed by atoms with E-state index in [9.17, 15) is 19.5 Å². The Kier molecular flexibility index (Phi) is 4.94. The van der Waals surface area contributed by atoms with E-state index in [1.807, 2.05) is 0 Å². The summed E-state index contributed by atoms with van der Waals surface area (Å²) < 4.78 is 1.55. The van der Waals surface area contributed by atoms with E-state index in [4.69, 9.17) is 0 Å². The second-order valence-corrected chi connectivity index (χ2v) is 6.89. The molecule has 0 aromatic carbocycles. The largest absolute Gasteiger partial charge is 0.477 e. The van der Waals surface area contributed by atoms with Gasteiger partial charge in [-0.15, -0.1) is 0 Å². The van der Waals surface area contributed by atoms with Gasteiger partial charge in [-0.2, -0.15) is 0 Å². The maximum Gasteiger partial charge on any atom is 0.341 e. The Morgan fingerprint density at radius 1 is 1.32 bits per heavy atom. The molecule has 0 aliphatic carbocycles. The van der Waals surface area contributed by atoms with Crippen LogP contribution in [0.4, 0.5) is 0 Å². The molecular formula is C18H25N3O4.